The predicted octanol–water partition coefficient (Wildman–Crippen LogP) is 2.86. The molecule has 1 saturated carbocycles. The average molecular weight is 700 g/mol. The molecule has 5 N–H and O–H groups in total. The minimum absolute atomic E-state index is 0.0396. The zero-order valence-corrected chi connectivity index (χ0v) is 29.8. The van der Waals surface area contributed by atoms with Gasteiger partial charge in [-0.1, -0.05) is 90.6 Å². The van der Waals surface area contributed by atoms with E-state index in [0.29, 0.717) is 18.4 Å². The molecule has 14 heteroatoms. The van der Waals surface area contributed by atoms with Crippen molar-refractivity contribution < 1.29 is 43.4 Å². The molecule has 0 bridgehead atoms. The Morgan fingerprint density at radius 2 is 1.62 bits per heavy atom. The Morgan fingerprint density at radius 3 is 2.22 bits per heavy atom. The van der Waals surface area contributed by atoms with Crippen LogP contribution in [-0.4, -0.2) is 89.3 Å². The number of alkyl carbamates (subject to hydrolysis) is 1. The first-order valence-corrected chi connectivity index (χ1v) is 17.5. The molecule has 1 aromatic carbocycles. The third-order valence-corrected chi connectivity index (χ3v) is 8.92. The van der Waals surface area contributed by atoms with Crippen molar-refractivity contribution in [3.05, 3.63) is 35.9 Å². The summed E-state index contributed by atoms with van der Waals surface area (Å²) in [5.41, 5.74) is 0.0631. The highest BCUT2D eigenvalue weighted by atomic mass is 16.5. The van der Waals surface area contributed by atoms with Crippen molar-refractivity contribution in [3.8, 4) is 0 Å². The minimum atomic E-state index is -1.36. The average Bonchev–Trinajstić information content (AvgIpc) is 3.48. The van der Waals surface area contributed by atoms with Crippen LogP contribution in [0.15, 0.2) is 30.3 Å². The molecule has 5 atom stereocenters. The van der Waals surface area contributed by atoms with Gasteiger partial charge in [-0.15, -0.1) is 0 Å². The van der Waals surface area contributed by atoms with Gasteiger partial charge in [0.25, 0.3) is 5.91 Å². The highest BCUT2D eigenvalue weighted by Gasteiger charge is 2.44. The largest absolute Gasteiger partial charge is 0.479 e. The van der Waals surface area contributed by atoms with E-state index in [0.717, 1.165) is 32.1 Å². The number of nitrogens with one attached hydrogen (secondary N) is 4. The lowest BCUT2D eigenvalue weighted by atomic mass is 9.83. The van der Waals surface area contributed by atoms with Gasteiger partial charge in [-0.3, -0.25) is 24.0 Å². The van der Waals surface area contributed by atoms with Gasteiger partial charge in [-0.05, 0) is 48.5 Å². The number of hydrogen-bond acceptors (Lipinski definition) is 8. The van der Waals surface area contributed by atoms with Gasteiger partial charge in [0.2, 0.25) is 23.5 Å². The number of carboxylic acids is 1. The maximum absolute atomic E-state index is 14.1. The lowest BCUT2D eigenvalue weighted by Crippen LogP contribution is -2.58. The monoisotopic (exact) mass is 699 g/mol. The molecule has 1 aliphatic heterocycles. The Kier molecular flexibility index (Phi) is 14.8. The van der Waals surface area contributed by atoms with Gasteiger partial charge >= 0.3 is 12.1 Å². The third kappa shape index (κ3) is 11.8. The second kappa shape index (κ2) is 18.5. The van der Waals surface area contributed by atoms with Crippen molar-refractivity contribution in [2.24, 2.45) is 17.3 Å². The molecular formula is C36H53N5O9. The molecule has 1 saturated heterocycles. The summed E-state index contributed by atoms with van der Waals surface area (Å²) in [7, 11) is 0. The van der Waals surface area contributed by atoms with Crippen LogP contribution in [0.4, 0.5) is 4.79 Å². The molecule has 2 aliphatic rings. The molecule has 1 heterocycles. The summed E-state index contributed by atoms with van der Waals surface area (Å²) in [4.78, 5) is 92.4. The Balaban J connectivity index is 1.67. The van der Waals surface area contributed by atoms with Crippen molar-refractivity contribution in [1.82, 2.24) is 26.2 Å². The zero-order valence-electron chi connectivity index (χ0n) is 29.8. The fraction of sp³-hybridized carbons (Fsp3) is 0.639. The molecule has 276 valence electrons. The molecule has 0 aromatic heterocycles. The number of benzene rings is 1. The number of amides is 5. The lowest BCUT2D eigenvalue weighted by Gasteiger charge is -2.34. The van der Waals surface area contributed by atoms with E-state index in [1.165, 1.54) is 17.0 Å². The van der Waals surface area contributed by atoms with Gasteiger partial charge in [0.05, 0.1) is 19.2 Å². The molecule has 50 heavy (non-hydrogen) atoms. The van der Waals surface area contributed by atoms with E-state index in [9.17, 15) is 38.7 Å². The topological polar surface area (TPSA) is 200 Å². The number of hydrogen-bond donors (Lipinski definition) is 5. The lowest BCUT2D eigenvalue weighted by molar-refractivity contribution is -0.144. The Labute approximate surface area is 293 Å². The van der Waals surface area contributed by atoms with Gasteiger partial charge in [-0.25, -0.2) is 9.59 Å². The summed E-state index contributed by atoms with van der Waals surface area (Å²) in [6, 6.07) is 3.63. The Bertz CT molecular complexity index is 1370. The van der Waals surface area contributed by atoms with E-state index in [2.05, 4.69) is 21.3 Å². The van der Waals surface area contributed by atoms with Crippen LogP contribution in [0, 0.1) is 17.3 Å². The van der Waals surface area contributed by atoms with Crippen molar-refractivity contribution in [3.63, 3.8) is 0 Å². The van der Waals surface area contributed by atoms with E-state index in [-0.39, 0.29) is 42.7 Å². The number of carbonyl (C=O) groups excluding carboxylic acids is 6. The smallest absolute Gasteiger partial charge is 0.407 e. The summed E-state index contributed by atoms with van der Waals surface area (Å²) >= 11 is 0. The van der Waals surface area contributed by atoms with Crippen LogP contribution in [0.5, 0.6) is 0 Å². The highest BCUT2D eigenvalue weighted by Crippen LogP contribution is 2.31. The first-order valence-electron chi connectivity index (χ1n) is 17.5. The Hall–Kier alpha value is -4.49. The summed E-state index contributed by atoms with van der Waals surface area (Å²) < 4.78 is 5.42. The molecule has 14 nitrogen and oxygen atoms in total. The maximum Gasteiger partial charge on any atom is 0.407 e. The standard InChI is InChI=1S/C36H53N5O9/c1-6-13-25(30(43)32(45)37-19-27(42)39-29(34(47)48)24-16-11-8-12-17-24)38-31(44)26-18-22(2)20-41(26)33(46)28(23-14-9-7-10-15-23)40-35(49)50-21-36(3,4)5/h8,11-12,16-17,22-23,25-26,28-29H,6-7,9-10,13-15,18-21H2,1-5H3,(H,37,45)(H,38,44)(H,39,42)(H,40,49)(H,47,48)/t22-,25?,26?,28+,29+/m1/s1. The van der Waals surface area contributed by atoms with Crippen molar-refractivity contribution in [1.29, 1.82) is 0 Å². The second-order valence-electron chi connectivity index (χ2n) is 14.7. The van der Waals surface area contributed by atoms with Gasteiger partial charge in [0.1, 0.15) is 12.1 Å². The molecule has 2 unspecified atom stereocenters. The number of carbonyl (C=O) groups is 7. The number of likely N-dealkylation sites (tertiary alicyclic amines) is 1. The number of Topliss-reactive ketones (excluding diaryl/α,β-unsaturated/α-hetero) is 1. The Morgan fingerprint density at radius 1 is 0.960 bits per heavy atom. The van der Waals surface area contributed by atoms with Crippen molar-refractivity contribution in [2.75, 3.05) is 19.7 Å². The van der Waals surface area contributed by atoms with Gasteiger partial charge < -0.3 is 36.0 Å². The summed E-state index contributed by atoms with van der Waals surface area (Å²) in [5, 5.41) is 19.6. The van der Waals surface area contributed by atoms with Gasteiger partial charge in [0.15, 0.2) is 6.04 Å². The van der Waals surface area contributed by atoms with Crippen LogP contribution in [0.25, 0.3) is 0 Å². The highest BCUT2D eigenvalue weighted by molar-refractivity contribution is 6.38. The fourth-order valence-electron chi connectivity index (χ4n) is 6.39. The molecule has 3 rings (SSSR count). The molecule has 1 aromatic rings. The van der Waals surface area contributed by atoms with Crippen LogP contribution in [0.2, 0.25) is 0 Å². The number of nitrogens with zero attached hydrogens (tertiary/aromatic N) is 1. The van der Waals surface area contributed by atoms with E-state index in [1.54, 1.807) is 25.1 Å². The van der Waals surface area contributed by atoms with Crippen LogP contribution < -0.4 is 21.3 Å². The minimum Gasteiger partial charge on any atom is -0.479 e. The number of ether oxygens (including phenoxy) is 1. The number of ketones is 1. The molecule has 1 aliphatic carbocycles. The van der Waals surface area contributed by atoms with E-state index < -0.39 is 66.3 Å². The van der Waals surface area contributed by atoms with Crippen LogP contribution in [0.1, 0.15) is 97.6 Å². The molecule has 0 radical (unpaired) electrons. The van der Waals surface area contributed by atoms with Crippen molar-refractivity contribution >= 4 is 41.5 Å². The van der Waals surface area contributed by atoms with Crippen LogP contribution in [0.3, 0.4) is 0 Å². The van der Waals surface area contributed by atoms with E-state index in [1.807, 2.05) is 27.7 Å². The summed E-state index contributed by atoms with van der Waals surface area (Å²) in [6.45, 7) is 9.26. The summed E-state index contributed by atoms with van der Waals surface area (Å²) in [6.07, 6.45) is 4.59. The maximum atomic E-state index is 14.1. The third-order valence-electron chi connectivity index (χ3n) is 8.92. The number of carboxylic acid groups (broad SMARTS) is 1. The molecule has 0 spiro atoms. The number of rotatable bonds is 15. The van der Waals surface area contributed by atoms with Crippen molar-refractivity contribution in [2.45, 2.75) is 110 Å². The zero-order chi connectivity index (χ0) is 37.0. The normalized spacial score (nSPS) is 19.7. The molecular weight excluding hydrogens is 646 g/mol. The van der Waals surface area contributed by atoms with Gasteiger partial charge in [-0.2, -0.15) is 0 Å². The SMILES string of the molecule is CCCC(NC(=O)C1C[C@@H](C)CN1C(=O)[C@@H](NC(=O)OCC(C)(C)C)C1CCCCC1)C(=O)C(=O)NCC(=O)N[C@H](C(=O)O)c1ccccc1. The summed E-state index contributed by atoms with van der Waals surface area (Å²) in [5.74, 6) is -5.35. The number of aliphatic carboxylic acids is 1. The first-order chi connectivity index (χ1) is 23.6. The second-order valence-corrected chi connectivity index (χ2v) is 14.7. The van der Waals surface area contributed by atoms with E-state index >= 15 is 0 Å². The molecule has 2 fully saturated rings. The fourth-order valence-corrected chi connectivity index (χ4v) is 6.39. The molecule has 5 amide bonds. The quantitative estimate of drug-likeness (QED) is 0.171. The van der Waals surface area contributed by atoms with E-state index in [4.69, 9.17) is 4.74 Å². The first kappa shape index (κ1) is 39.9. The van der Waals surface area contributed by atoms with Gasteiger partial charge in [0, 0.05) is 6.54 Å². The van der Waals surface area contributed by atoms with Crippen LogP contribution in [-0.2, 0) is 33.5 Å². The predicted molar refractivity (Wildman–Crippen MR) is 183 cm³/mol. The van der Waals surface area contributed by atoms with Crippen LogP contribution >= 0.6 is 0 Å².